The summed E-state index contributed by atoms with van der Waals surface area (Å²) in [6.45, 7) is 0. The van der Waals surface area contributed by atoms with E-state index in [1.807, 2.05) is 5.32 Å². The van der Waals surface area contributed by atoms with Gasteiger partial charge in [0.25, 0.3) is 16.8 Å². The number of nitrogens with two attached hydrogens (primary N) is 2. The van der Waals surface area contributed by atoms with Gasteiger partial charge in [0.05, 0.1) is 0 Å². The average Bonchev–Trinajstić information content (AvgIpc) is 2.92. The topological polar surface area (TPSA) is 219 Å². The Bertz CT molecular complexity index is 958. The monoisotopic (exact) mass is 322 g/mol. The number of anilines is 3. The van der Waals surface area contributed by atoms with E-state index in [1.165, 1.54) is 0 Å². The van der Waals surface area contributed by atoms with Gasteiger partial charge in [0.15, 0.2) is 17.6 Å². The smallest absolute Gasteiger partial charge is 0.282 e. The second kappa shape index (κ2) is 6.25. The predicted molar refractivity (Wildman–Crippen MR) is 77.5 cm³/mol. The maximum absolute atomic E-state index is 11.0. The van der Waals surface area contributed by atoms with Gasteiger partial charge in [0.1, 0.15) is 0 Å². The molecule has 0 atom stereocenters. The van der Waals surface area contributed by atoms with E-state index in [4.69, 9.17) is 21.0 Å². The summed E-state index contributed by atoms with van der Waals surface area (Å²) in [5.74, 6) is -0.795. The molecule has 3 aromatic heterocycles. The van der Waals surface area contributed by atoms with Gasteiger partial charge in [-0.1, -0.05) is 0 Å². The molecular weight excluding hydrogens is 312 g/mol. The molecule has 0 aliphatic heterocycles. The van der Waals surface area contributed by atoms with Crippen molar-refractivity contribution in [1.82, 2.24) is 24.9 Å². The number of hydrogen-bond acceptors (Lipinski definition) is 10. The zero-order chi connectivity index (χ0) is 17.0. The zero-order valence-corrected chi connectivity index (χ0v) is 11.2. The molecule has 0 aliphatic carbocycles. The Kier molecular flexibility index (Phi) is 4.21. The molecule has 0 aliphatic rings. The van der Waals surface area contributed by atoms with Crippen molar-refractivity contribution in [3.63, 3.8) is 0 Å². The third-order valence-corrected chi connectivity index (χ3v) is 2.35. The zero-order valence-electron chi connectivity index (χ0n) is 11.2. The molecule has 23 heavy (non-hydrogen) atoms. The van der Waals surface area contributed by atoms with Gasteiger partial charge in [-0.25, -0.2) is 4.98 Å². The highest BCUT2D eigenvalue weighted by Crippen LogP contribution is 2.13. The van der Waals surface area contributed by atoms with Gasteiger partial charge in [-0.05, 0) is 0 Å². The summed E-state index contributed by atoms with van der Waals surface area (Å²) in [7, 11) is 0. The molecule has 3 aromatic rings. The minimum Gasteiger partial charge on any atom is -0.492 e. The molecule has 0 unspecified atom stereocenters. The van der Waals surface area contributed by atoms with Crippen molar-refractivity contribution in [3.05, 3.63) is 27.1 Å². The van der Waals surface area contributed by atoms with Crippen LogP contribution in [-0.4, -0.2) is 36.4 Å². The molecule has 0 fully saturated rings. The van der Waals surface area contributed by atoms with Gasteiger partial charge in [0.2, 0.25) is 24.2 Å². The number of aromatic amines is 2. The molecule has 0 saturated carbocycles. The van der Waals surface area contributed by atoms with Gasteiger partial charge in [-0.3, -0.25) is 24.4 Å². The van der Waals surface area contributed by atoms with E-state index in [1.54, 1.807) is 0 Å². The lowest BCUT2D eigenvalue weighted by atomic mass is 10.5. The molecule has 120 valence electrons. The maximum atomic E-state index is 11.0. The summed E-state index contributed by atoms with van der Waals surface area (Å²) in [5.41, 5.74) is 9.23. The minimum atomic E-state index is -0.702. The van der Waals surface area contributed by atoms with Crippen LogP contribution in [0.15, 0.2) is 20.4 Å². The van der Waals surface area contributed by atoms with Crippen LogP contribution in [0, 0.1) is 0 Å². The lowest BCUT2D eigenvalue weighted by Crippen LogP contribution is -2.16. The molecule has 0 aromatic carbocycles. The molecule has 8 N–H and O–H groups in total. The standard InChI is InChI=1S/C5H6N4O3.C5H4N4O2/c6-5-8-3(11)2(7-1-10)4(12)9-5;6-5-8-3(10)2-4(9-5)11-1-7-2/h1H,(H,7,10)(H4,6,8,9,11,12);1H,(H3,6,8,9,10). The number of aromatic hydroxyl groups is 1. The van der Waals surface area contributed by atoms with Gasteiger partial charge >= 0.3 is 0 Å². The van der Waals surface area contributed by atoms with E-state index < -0.39 is 11.4 Å². The van der Waals surface area contributed by atoms with Crippen molar-refractivity contribution in [2.24, 2.45) is 0 Å². The fourth-order valence-corrected chi connectivity index (χ4v) is 1.46. The third-order valence-electron chi connectivity index (χ3n) is 2.35. The number of fused-ring (bicyclic) bond motifs is 1. The summed E-state index contributed by atoms with van der Waals surface area (Å²) >= 11 is 0. The van der Waals surface area contributed by atoms with E-state index in [0.29, 0.717) is 0 Å². The van der Waals surface area contributed by atoms with Crippen LogP contribution in [0.4, 0.5) is 17.6 Å². The van der Waals surface area contributed by atoms with Crippen LogP contribution in [0.5, 0.6) is 5.88 Å². The molecule has 0 radical (unpaired) electrons. The van der Waals surface area contributed by atoms with Crippen molar-refractivity contribution >= 4 is 35.2 Å². The maximum Gasteiger partial charge on any atom is 0.282 e. The Morgan fingerprint density at radius 1 is 1.17 bits per heavy atom. The Morgan fingerprint density at radius 2 is 1.83 bits per heavy atom. The van der Waals surface area contributed by atoms with Crippen LogP contribution in [0.1, 0.15) is 0 Å². The number of carbonyl (C=O) groups is 1. The first-order chi connectivity index (χ1) is 10.9. The number of nitrogens with one attached hydrogen (secondary N) is 3. The summed E-state index contributed by atoms with van der Waals surface area (Å²) < 4.78 is 4.76. The minimum absolute atomic E-state index is 0.0271. The number of carbonyl (C=O) groups excluding carboxylic acids is 1. The van der Waals surface area contributed by atoms with Crippen molar-refractivity contribution in [1.29, 1.82) is 0 Å². The highest BCUT2D eigenvalue weighted by Gasteiger charge is 2.07. The molecule has 3 rings (SSSR count). The number of oxazole rings is 1. The fourth-order valence-electron chi connectivity index (χ4n) is 1.46. The summed E-state index contributed by atoms with van der Waals surface area (Å²) in [4.78, 5) is 46.8. The Balaban J connectivity index is 0.000000167. The van der Waals surface area contributed by atoms with Crippen LogP contribution in [0.3, 0.4) is 0 Å². The number of aromatic nitrogens is 5. The molecule has 0 saturated heterocycles. The second-order valence-electron chi connectivity index (χ2n) is 3.87. The number of hydrogen-bond donors (Lipinski definition) is 6. The lowest BCUT2D eigenvalue weighted by Gasteiger charge is -1.99. The van der Waals surface area contributed by atoms with Gasteiger partial charge in [0, 0.05) is 0 Å². The van der Waals surface area contributed by atoms with E-state index >= 15 is 0 Å². The van der Waals surface area contributed by atoms with Crippen LogP contribution in [-0.2, 0) is 4.79 Å². The number of H-pyrrole nitrogens is 2. The molecule has 13 nitrogen and oxygen atoms in total. The second-order valence-corrected chi connectivity index (χ2v) is 3.87. The highest BCUT2D eigenvalue weighted by atomic mass is 16.3. The number of amides is 1. The van der Waals surface area contributed by atoms with E-state index in [0.717, 1.165) is 6.39 Å². The predicted octanol–water partition coefficient (Wildman–Crippen LogP) is -1.88. The Labute approximate surface area is 125 Å². The lowest BCUT2D eigenvalue weighted by molar-refractivity contribution is -0.105. The molecule has 0 spiro atoms. The average molecular weight is 322 g/mol. The molecule has 3 heterocycles. The van der Waals surface area contributed by atoms with Crippen molar-refractivity contribution in [2.45, 2.75) is 0 Å². The summed E-state index contributed by atoms with van der Waals surface area (Å²) in [5, 5.41) is 10.9. The molecular formula is C10H10N8O5. The fraction of sp³-hybridized carbons (Fsp3) is 0. The van der Waals surface area contributed by atoms with E-state index in [9.17, 15) is 14.4 Å². The van der Waals surface area contributed by atoms with Crippen LogP contribution < -0.4 is 27.9 Å². The SMILES string of the molecule is Nc1nc(O)c(NC=O)c(=O)[nH]1.Nc1nc2ocnc2c(=O)[nH]1. The first-order valence-electron chi connectivity index (χ1n) is 5.80. The van der Waals surface area contributed by atoms with Crippen molar-refractivity contribution in [3.8, 4) is 5.88 Å². The van der Waals surface area contributed by atoms with Gasteiger partial charge in [-0.2, -0.15) is 9.97 Å². The van der Waals surface area contributed by atoms with Crippen molar-refractivity contribution in [2.75, 3.05) is 16.8 Å². The highest BCUT2D eigenvalue weighted by molar-refractivity contribution is 5.73. The van der Waals surface area contributed by atoms with Gasteiger partial charge < -0.3 is 26.3 Å². The number of nitrogens with zero attached hydrogens (tertiary/aromatic N) is 3. The van der Waals surface area contributed by atoms with E-state index in [-0.39, 0.29) is 40.8 Å². The largest absolute Gasteiger partial charge is 0.492 e. The van der Waals surface area contributed by atoms with E-state index in [2.05, 4.69) is 24.9 Å². The molecule has 13 heteroatoms. The number of rotatable bonds is 2. The van der Waals surface area contributed by atoms with Crippen LogP contribution in [0.25, 0.3) is 11.2 Å². The summed E-state index contributed by atoms with van der Waals surface area (Å²) in [6, 6.07) is 0. The number of nitrogen functional groups attached to an aromatic ring is 2. The first-order valence-corrected chi connectivity index (χ1v) is 5.80. The van der Waals surface area contributed by atoms with Crippen LogP contribution in [0.2, 0.25) is 0 Å². The normalized spacial score (nSPS) is 9.91. The quantitative estimate of drug-likeness (QED) is 0.288. The Hall–Kier alpha value is -3.90. The molecule has 0 bridgehead atoms. The van der Waals surface area contributed by atoms with Crippen LogP contribution >= 0.6 is 0 Å². The molecule has 1 amide bonds. The van der Waals surface area contributed by atoms with Crippen molar-refractivity contribution < 1.29 is 14.3 Å². The Morgan fingerprint density at radius 3 is 2.48 bits per heavy atom. The first kappa shape index (κ1) is 15.5. The third kappa shape index (κ3) is 3.41. The summed E-state index contributed by atoms with van der Waals surface area (Å²) in [6.07, 6.45) is 1.40. The van der Waals surface area contributed by atoms with Gasteiger partial charge in [-0.15, -0.1) is 0 Å².